The molecule has 4 rings (SSSR count). The topological polar surface area (TPSA) is 81.2 Å². The number of ether oxygens (including phenoxy) is 2. The number of nitrogens with one attached hydrogen (secondary N) is 2. The Morgan fingerprint density at radius 1 is 1.12 bits per heavy atom. The van der Waals surface area contributed by atoms with Crippen LogP contribution in [0.2, 0.25) is 0 Å². The Labute approximate surface area is 197 Å². The van der Waals surface area contributed by atoms with Gasteiger partial charge in [-0.25, -0.2) is 0 Å². The zero-order valence-electron chi connectivity index (χ0n) is 18.6. The fraction of sp³-hybridized carbons (Fsp3) is 0.240. The molecule has 2 N–H and O–H groups in total. The van der Waals surface area contributed by atoms with Crippen LogP contribution in [0.15, 0.2) is 60.7 Å². The molecule has 4 aromatic rings. The number of fused-ring (bicyclic) bond motifs is 1. The molecule has 8 heteroatoms. The number of amides is 1. The van der Waals surface area contributed by atoms with Gasteiger partial charge in [-0.05, 0) is 60.2 Å². The lowest BCUT2D eigenvalue weighted by Crippen LogP contribution is -2.24. The van der Waals surface area contributed by atoms with Crippen LogP contribution in [0.25, 0.3) is 22.2 Å². The molecule has 0 radical (unpaired) electrons. The van der Waals surface area contributed by atoms with Crippen LogP contribution in [-0.2, 0) is 17.9 Å². The number of aromatic nitrogens is 3. The van der Waals surface area contributed by atoms with Crippen LogP contribution in [0.5, 0.6) is 11.5 Å². The normalized spacial score (nSPS) is 10.8. The van der Waals surface area contributed by atoms with Gasteiger partial charge in [0.2, 0.25) is 5.91 Å². The van der Waals surface area contributed by atoms with Crippen molar-refractivity contribution in [3.63, 3.8) is 0 Å². The summed E-state index contributed by atoms with van der Waals surface area (Å²) < 4.78 is 13.3. The van der Waals surface area contributed by atoms with E-state index in [-0.39, 0.29) is 12.3 Å². The minimum Gasteiger partial charge on any atom is -0.496 e. The number of rotatable bonds is 9. The predicted octanol–water partition coefficient (Wildman–Crippen LogP) is 4.87. The first-order chi connectivity index (χ1) is 16.1. The molecule has 7 nitrogen and oxygen atoms in total. The highest BCUT2D eigenvalue weighted by atomic mass is 32.1. The van der Waals surface area contributed by atoms with Crippen LogP contribution >= 0.6 is 12.2 Å². The number of hydrogen-bond acceptors (Lipinski definition) is 5. The van der Waals surface area contributed by atoms with E-state index in [1.54, 1.807) is 7.11 Å². The number of H-pyrrole nitrogens is 1. The second kappa shape index (κ2) is 10.3. The van der Waals surface area contributed by atoms with Gasteiger partial charge in [0.1, 0.15) is 11.5 Å². The first-order valence-electron chi connectivity index (χ1n) is 10.8. The standard InChI is InChI=1S/C25H26N4O3S/c1-3-32-19-11-8-18(9-12-19)24-27-28-25(33)29(24)15-14-23(30)26-16-21-20-7-5-4-6-17(20)10-13-22(21)31-2/h4-13H,3,14-16H2,1-2H3,(H,26,30)(H,28,33). The van der Waals surface area contributed by atoms with Crippen molar-refractivity contribution in [2.45, 2.75) is 26.4 Å². The van der Waals surface area contributed by atoms with Crippen LogP contribution in [0.3, 0.4) is 0 Å². The smallest absolute Gasteiger partial charge is 0.222 e. The highest BCUT2D eigenvalue weighted by Gasteiger charge is 2.13. The molecule has 0 saturated carbocycles. The van der Waals surface area contributed by atoms with Crippen molar-refractivity contribution < 1.29 is 14.3 Å². The van der Waals surface area contributed by atoms with Gasteiger partial charge in [-0.3, -0.25) is 14.5 Å². The fourth-order valence-electron chi connectivity index (χ4n) is 3.79. The average Bonchev–Trinajstić information content (AvgIpc) is 3.21. The van der Waals surface area contributed by atoms with Crippen LogP contribution < -0.4 is 14.8 Å². The molecular weight excluding hydrogens is 436 g/mol. The quantitative estimate of drug-likeness (QED) is 0.347. The molecule has 0 bridgehead atoms. The lowest BCUT2D eigenvalue weighted by atomic mass is 10.0. The van der Waals surface area contributed by atoms with Crippen LogP contribution in [-0.4, -0.2) is 34.4 Å². The molecule has 0 aliphatic rings. The maximum absolute atomic E-state index is 12.7. The highest BCUT2D eigenvalue weighted by Crippen LogP contribution is 2.28. The Hall–Kier alpha value is -3.65. The third kappa shape index (κ3) is 5.06. The molecular formula is C25H26N4O3S. The van der Waals surface area contributed by atoms with E-state index in [0.717, 1.165) is 33.4 Å². The van der Waals surface area contributed by atoms with Gasteiger partial charge in [0, 0.05) is 30.6 Å². The van der Waals surface area contributed by atoms with Gasteiger partial charge in [0.15, 0.2) is 10.6 Å². The summed E-state index contributed by atoms with van der Waals surface area (Å²) in [6, 6.07) is 19.6. The first kappa shape index (κ1) is 22.5. The summed E-state index contributed by atoms with van der Waals surface area (Å²) >= 11 is 5.39. The molecule has 0 aliphatic heterocycles. The van der Waals surface area contributed by atoms with Crippen molar-refractivity contribution in [1.29, 1.82) is 0 Å². The lowest BCUT2D eigenvalue weighted by molar-refractivity contribution is -0.121. The van der Waals surface area contributed by atoms with Crippen molar-refractivity contribution in [2.24, 2.45) is 0 Å². The van der Waals surface area contributed by atoms with Gasteiger partial charge < -0.3 is 14.8 Å². The van der Waals surface area contributed by atoms with Gasteiger partial charge >= 0.3 is 0 Å². The van der Waals surface area contributed by atoms with E-state index in [9.17, 15) is 4.79 Å². The lowest BCUT2D eigenvalue weighted by Gasteiger charge is -2.13. The highest BCUT2D eigenvalue weighted by molar-refractivity contribution is 7.71. The minimum atomic E-state index is -0.0780. The summed E-state index contributed by atoms with van der Waals surface area (Å²) in [7, 11) is 1.64. The molecule has 0 saturated heterocycles. The fourth-order valence-corrected chi connectivity index (χ4v) is 4.01. The summed E-state index contributed by atoms with van der Waals surface area (Å²) in [5, 5.41) is 12.4. The molecule has 1 aromatic heterocycles. The minimum absolute atomic E-state index is 0.0780. The molecule has 0 atom stereocenters. The number of nitrogens with zero attached hydrogens (tertiary/aromatic N) is 2. The molecule has 33 heavy (non-hydrogen) atoms. The van der Waals surface area contributed by atoms with Gasteiger partial charge in [-0.15, -0.1) is 0 Å². The largest absolute Gasteiger partial charge is 0.496 e. The summed E-state index contributed by atoms with van der Waals surface area (Å²) in [6.45, 7) is 3.35. The van der Waals surface area contributed by atoms with Crippen LogP contribution in [0, 0.1) is 4.77 Å². The summed E-state index contributed by atoms with van der Waals surface area (Å²) in [4.78, 5) is 12.7. The third-order valence-electron chi connectivity index (χ3n) is 5.42. The van der Waals surface area contributed by atoms with E-state index in [1.807, 2.05) is 72.2 Å². The van der Waals surface area contributed by atoms with E-state index < -0.39 is 0 Å². The van der Waals surface area contributed by atoms with Crippen molar-refractivity contribution in [3.8, 4) is 22.9 Å². The Morgan fingerprint density at radius 2 is 1.91 bits per heavy atom. The van der Waals surface area contributed by atoms with Crippen molar-refractivity contribution in [1.82, 2.24) is 20.1 Å². The Bertz CT molecular complexity index is 1310. The van der Waals surface area contributed by atoms with Crippen molar-refractivity contribution in [2.75, 3.05) is 13.7 Å². The number of benzene rings is 3. The molecule has 1 amide bonds. The first-order valence-corrected chi connectivity index (χ1v) is 11.2. The van der Waals surface area contributed by atoms with Gasteiger partial charge in [0.25, 0.3) is 0 Å². The molecule has 0 unspecified atom stereocenters. The zero-order valence-corrected chi connectivity index (χ0v) is 19.4. The molecule has 170 valence electrons. The molecule has 0 fully saturated rings. The van der Waals surface area contributed by atoms with E-state index >= 15 is 0 Å². The number of hydrogen-bond donors (Lipinski definition) is 2. The van der Waals surface area contributed by atoms with Crippen LogP contribution in [0.1, 0.15) is 18.9 Å². The SMILES string of the molecule is CCOc1ccc(-c2n[nH]c(=S)n2CCC(=O)NCc2c(OC)ccc3ccccc23)cc1. The number of methoxy groups -OCH3 is 1. The number of carbonyl (C=O) groups is 1. The number of carbonyl (C=O) groups excluding carboxylic acids is 1. The van der Waals surface area contributed by atoms with E-state index in [0.29, 0.717) is 30.3 Å². The van der Waals surface area contributed by atoms with E-state index in [4.69, 9.17) is 21.7 Å². The van der Waals surface area contributed by atoms with Crippen molar-refractivity contribution >= 4 is 28.9 Å². The second-order valence-electron chi connectivity index (χ2n) is 7.46. The maximum Gasteiger partial charge on any atom is 0.222 e. The average molecular weight is 463 g/mol. The number of aromatic amines is 1. The van der Waals surface area contributed by atoms with Crippen LogP contribution in [0.4, 0.5) is 0 Å². The predicted molar refractivity (Wildman–Crippen MR) is 131 cm³/mol. The molecule has 0 aliphatic carbocycles. The van der Waals surface area contributed by atoms with E-state index in [2.05, 4.69) is 15.5 Å². The Morgan fingerprint density at radius 3 is 2.67 bits per heavy atom. The van der Waals surface area contributed by atoms with Crippen molar-refractivity contribution in [3.05, 3.63) is 71.0 Å². The summed E-state index contributed by atoms with van der Waals surface area (Å²) in [5.74, 6) is 2.16. The zero-order chi connectivity index (χ0) is 23.2. The molecule has 3 aromatic carbocycles. The molecule has 0 spiro atoms. The Balaban J connectivity index is 1.44. The second-order valence-corrected chi connectivity index (χ2v) is 7.84. The monoisotopic (exact) mass is 462 g/mol. The van der Waals surface area contributed by atoms with Gasteiger partial charge in [-0.2, -0.15) is 5.10 Å². The third-order valence-corrected chi connectivity index (χ3v) is 5.74. The summed E-state index contributed by atoms with van der Waals surface area (Å²) in [6.07, 6.45) is 0.269. The van der Waals surface area contributed by atoms with Gasteiger partial charge in [-0.1, -0.05) is 30.3 Å². The summed E-state index contributed by atoms with van der Waals surface area (Å²) in [5.41, 5.74) is 1.85. The van der Waals surface area contributed by atoms with E-state index in [1.165, 1.54) is 0 Å². The maximum atomic E-state index is 12.7. The Kier molecular flexibility index (Phi) is 7.04. The molecule has 1 heterocycles. The van der Waals surface area contributed by atoms with Gasteiger partial charge in [0.05, 0.1) is 13.7 Å².